The predicted molar refractivity (Wildman–Crippen MR) is 57.1 cm³/mol. The second kappa shape index (κ2) is 4.96. The summed E-state index contributed by atoms with van der Waals surface area (Å²) >= 11 is 0. The Balaban J connectivity index is 0.00000144. The summed E-state index contributed by atoms with van der Waals surface area (Å²) in [5.41, 5.74) is 0.0479. The molecule has 1 aliphatic heterocycles. The van der Waals surface area contributed by atoms with Crippen LogP contribution in [0, 0.1) is 5.41 Å². The van der Waals surface area contributed by atoms with Gasteiger partial charge in [0.05, 0.1) is 6.61 Å². The number of rotatable bonds is 2. The lowest BCUT2D eigenvalue weighted by atomic mass is 9.85. The molecule has 0 spiro atoms. The molecule has 0 aromatic rings. The zero-order chi connectivity index (χ0) is 9.19. The minimum absolute atomic E-state index is 0. The molecule has 1 N–H and O–H groups in total. The first kappa shape index (κ1) is 12.9. The summed E-state index contributed by atoms with van der Waals surface area (Å²) < 4.78 is 4.96. The highest BCUT2D eigenvalue weighted by Crippen LogP contribution is 2.30. The molecule has 1 unspecified atom stereocenters. The second-order valence-corrected chi connectivity index (χ2v) is 3.88. The molecule has 3 nitrogen and oxygen atoms in total. The second-order valence-electron chi connectivity index (χ2n) is 3.88. The van der Waals surface area contributed by atoms with Gasteiger partial charge in [0.15, 0.2) is 0 Å². The van der Waals surface area contributed by atoms with E-state index in [-0.39, 0.29) is 34.4 Å². The van der Waals surface area contributed by atoms with Gasteiger partial charge in [-0.3, -0.25) is 4.79 Å². The van der Waals surface area contributed by atoms with Crippen LogP contribution in [0.4, 0.5) is 0 Å². The number of esters is 1. The minimum Gasteiger partial charge on any atom is -0.465 e. The lowest BCUT2D eigenvalue weighted by molar-refractivity contribution is -0.147. The molecule has 0 aromatic heterocycles. The fraction of sp³-hybridized carbons (Fsp3) is 0.889. The van der Waals surface area contributed by atoms with Crippen molar-refractivity contribution < 1.29 is 9.53 Å². The standard InChI is InChI=1S/C9H17NO2.BrH/c1-4-12-8(11)7-9(2,3)5-6-10-7;/h7,10H,4-6H2,1-3H3;1H. The maximum atomic E-state index is 11.4. The molecule has 1 aliphatic rings. The SMILES string of the molecule is Br.CCOC(=O)C1NCCC1(C)C. The van der Waals surface area contributed by atoms with Gasteiger partial charge in [0, 0.05) is 0 Å². The minimum atomic E-state index is -0.113. The number of halogens is 1. The summed E-state index contributed by atoms with van der Waals surface area (Å²) in [7, 11) is 0. The quantitative estimate of drug-likeness (QED) is 0.757. The van der Waals surface area contributed by atoms with E-state index in [9.17, 15) is 4.79 Å². The number of ether oxygens (including phenoxy) is 1. The van der Waals surface area contributed by atoms with Crippen LogP contribution in [0.25, 0.3) is 0 Å². The van der Waals surface area contributed by atoms with Gasteiger partial charge in [0.1, 0.15) is 6.04 Å². The van der Waals surface area contributed by atoms with Gasteiger partial charge in [0.25, 0.3) is 0 Å². The van der Waals surface area contributed by atoms with E-state index in [4.69, 9.17) is 4.74 Å². The molecule has 1 heterocycles. The summed E-state index contributed by atoms with van der Waals surface area (Å²) in [6.45, 7) is 7.40. The normalized spacial score (nSPS) is 25.0. The number of hydrogen-bond acceptors (Lipinski definition) is 3. The van der Waals surface area contributed by atoms with Crippen LogP contribution in [0.5, 0.6) is 0 Å². The van der Waals surface area contributed by atoms with Crippen molar-refractivity contribution in [3.63, 3.8) is 0 Å². The molecule has 0 amide bonds. The summed E-state index contributed by atoms with van der Waals surface area (Å²) in [5.74, 6) is -0.111. The van der Waals surface area contributed by atoms with Crippen LogP contribution in [-0.4, -0.2) is 25.2 Å². The van der Waals surface area contributed by atoms with E-state index in [1.165, 1.54) is 0 Å². The molecule has 0 saturated carbocycles. The summed E-state index contributed by atoms with van der Waals surface area (Å²) in [5, 5.41) is 3.16. The number of carbonyl (C=O) groups excluding carboxylic acids is 1. The number of hydrogen-bond donors (Lipinski definition) is 1. The molecule has 1 fully saturated rings. The highest BCUT2D eigenvalue weighted by Gasteiger charge is 2.39. The van der Waals surface area contributed by atoms with E-state index < -0.39 is 0 Å². The fourth-order valence-electron chi connectivity index (χ4n) is 1.59. The average molecular weight is 252 g/mol. The first-order chi connectivity index (χ1) is 5.58. The lowest BCUT2D eigenvalue weighted by Gasteiger charge is -2.24. The summed E-state index contributed by atoms with van der Waals surface area (Å²) in [4.78, 5) is 11.4. The molecule has 0 radical (unpaired) electrons. The van der Waals surface area contributed by atoms with Gasteiger partial charge in [0.2, 0.25) is 0 Å². The summed E-state index contributed by atoms with van der Waals surface area (Å²) in [6, 6.07) is -0.113. The Morgan fingerprint density at radius 2 is 2.23 bits per heavy atom. The smallest absolute Gasteiger partial charge is 0.323 e. The van der Waals surface area contributed by atoms with Crippen LogP contribution in [-0.2, 0) is 9.53 Å². The average Bonchev–Trinajstić information content (AvgIpc) is 2.30. The topological polar surface area (TPSA) is 38.3 Å². The largest absolute Gasteiger partial charge is 0.465 e. The van der Waals surface area contributed by atoms with E-state index in [0.717, 1.165) is 13.0 Å². The Labute approximate surface area is 90.0 Å². The first-order valence-corrected chi connectivity index (χ1v) is 4.48. The molecule has 0 aliphatic carbocycles. The van der Waals surface area contributed by atoms with Gasteiger partial charge in [-0.15, -0.1) is 17.0 Å². The molecule has 1 saturated heterocycles. The van der Waals surface area contributed by atoms with E-state index in [1.807, 2.05) is 6.92 Å². The Morgan fingerprint density at radius 1 is 1.62 bits per heavy atom. The van der Waals surface area contributed by atoms with Crippen molar-refractivity contribution in [1.82, 2.24) is 5.32 Å². The number of nitrogens with one attached hydrogen (secondary N) is 1. The van der Waals surface area contributed by atoms with Crippen molar-refractivity contribution in [1.29, 1.82) is 0 Å². The Kier molecular flexibility index (Phi) is 4.92. The maximum absolute atomic E-state index is 11.4. The van der Waals surface area contributed by atoms with Crippen LogP contribution in [0.2, 0.25) is 0 Å². The molecule has 1 rings (SSSR count). The zero-order valence-electron chi connectivity index (χ0n) is 8.42. The molecule has 78 valence electrons. The van der Waals surface area contributed by atoms with Crippen LogP contribution in [0.15, 0.2) is 0 Å². The highest BCUT2D eigenvalue weighted by molar-refractivity contribution is 8.93. The van der Waals surface area contributed by atoms with Crippen molar-refractivity contribution >= 4 is 23.0 Å². The van der Waals surface area contributed by atoms with Crippen LogP contribution >= 0.6 is 17.0 Å². The van der Waals surface area contributed by atoms with Gasteiger partial charge in [-0.1, -0.05) is 13.8 Å². The Morgan fingerprint density at radius 3 is 2.62 bits per heavy atom. The lowest BCUT2D eigenvalue weighted by Crippen LogP contribution is -2.41. The fourth-order valence-corrected chi connectivity index (χ4v) is 1.59. The van der Waals surface area contributed by atoms with Gasteiger partial charge in [-0.05, 0) is 25.3 Å². The Bertz CT molecular complexity index is 182. The van der Waals surface area contributed by atoms with Crippen molar-refractivity contribution in [2.24, 2.45) is 5.41 Å². The molecular weight excluding hydrogens is 234 g/mol. The third-order valence-electron chi connectivity index (χ3n) is 2.42. The van der Waals surface area contributed by atoms with Crippen molar-refractivity contribution in [2.75, 3.05) is 13.2 Å². The maximum Gasteiger partial charge on any atom is 0.323 e. The van der Waals surface area contributed by atoms with E-state index in [1.54, 1.807) is 0 Å². The van der Waals surface area contributed by atoms with Gasteiger partial charge < -0.3 is 10.1 Å². The Hall–Kier alpha value is -0.0900. The van der Waals surface area contributed by atoms with Crippen molar-refractivity contribution in [2.45, 2.75) is 33.2 Å². The van der Waals surface area contributed by atoms with Crippen molar-refractivity contribution in [3.05, 3.63) is 0 Å². The zero-order valence-corrected chi connectivity index (χ0v) is 10.1. The van der Waals surface area contributed by atoms with Crippen LogP contribution < -0.4 is 5.32 Å². The molecule has 1 atom stereocenters. The monoisotopic (exact) mass is 251 g/mol. The van der Waals surface area contributed by atoms with E-state index in [2.05, 4.69) is 19.2 Å². The predicted octanol–water partition coefficient (Wildman–Crippen LogP) is 1.52. The van der Waals surface area contributed by atoms with Crippen LogP contribution in [0.1, 0.15) is 27.2 Å². The van der Waals surface area contributed by atoms with E-state index >= 15 is 0 Å². The third-order valence-corrected chi connectivity index (χ3v) is 2.42. The number of carbonyl (C=O) groups is 1. The summed E-state index contributed by atoms with van der Waals surface area (Å²) in [6.07, 6.45) is 1.04. The molecular formula is C9H18BrNO2. The van der Waals surface area contributed by atoms with Crippen molar-refractivity contribution in [3.8, 4) is 0 Å². The van der Waals surface area contributed by atoms with Gasteiger partial charge in [-0.2, -0.15) is 0 Å². The molecule has 0 aromatic carbocycles. The molecule has 0 bridgehead atoms. The molecule has 13 heavy (non-hydrogen) atoms. The molecule has 4 heteroatoms. The van der Waals surface area contributed by atoms with Gasteiger partial charge >= 0.3 is 5.97 Å². The van der Waals surface area contributed by atoms with Gasteiger partial charge in [-0.25, -0.2) is 0 Å². The third kappa shape index (κ3) is 2.95. The first-order valence-electron chi connectivity index (χ1n) is 4.48. The van der Waals surface area contributed by atoms with E-state index in [0.29, 0.717) is 6.61 Å². The highest BCUT2D eigenvalue weighted by atomic mass is 79.9. The van der Waals surface area contributed by atoms with Crippen LogP contribution in [0.3, 0.4) is 0 Å².